The zero-order valence-electron chi connectivity index (χ0n) is 12.1. The monoisotopic (exact) mass is 336 g/mol. The zero-order chi connectivity index (χ0) is 16.6. The van der Waals surface area contributed by atoms with E-state index in [-0.39, 0.29) is 13.0 Å². The Labute approximate surface area is 135 Å². The summed E-state index contributed by atoms with van der Waals surface area (Å²) >= 11 is 1.38. The molecule has 0 unspecified atom stereocenters. The minimum atomic E-state index is -0.860. The Morgan fingerprint density at radius 3 is 2.87 bits per heavy atom. The first-order chi connectivity index (χ1) is 11.0. The van der Waals surface area contributed by atoms with Crippen LogP contribution in [0.5, 0.6) is 0 Å². The van der Waals surface area contributed by atoms with Crippen molar-refractivity contribution >= 4 is 17.4 Å². The maximum absolute atomic E-state index is 12.1. The molecule has 0 spiro atoms. The Hall–Kier alpha value is -2.00. The van der Waals surface area contributed by atoms with Gasteiger partial charge in [0.2, 0.25) is 0 Å². The van der Waals surface area contributed by atoms with Crippen LogP contribution in [-0.4, -0.2) is 38.6 Å². The van der Waals surface area contributed by atoms with Crippen LogP contribution in [0.2, 0.25) is 0 Å². The van der Waals surface area contributed by atoms with E-state index in [2.05, 4.69) is 11.6 Å². The van der Waals surface area contributed by atoms with E-state index in [4.69, 9.17) is 9.84 Å². The smallest absolute Gasteiger partial charge is 0.330 e. The number of nitrogens with one attached hydrogen (secondary N) is 1. The van der Waals surface area contributed by atoms with E-state index in [1.807, 2.05) is 6.07 Å². The predicted octanol–water partition coefficient (Wildman–Crippen LogP) is 0.549. The van der Waals surface area contributed by atoms with Crippen molar-refractivity contribution in [2.45, 2.75) is 24.9 Å². The number of H-pyrrole nitrogens is 1. The van der Waals surface area contributed by atoms with Gasteiger partial charge >= 0.3 is 5.69 Å². The highest BCUT2D eigenvalue weighted by Gasteiger charge is 2.35. The molecule has 8 heteroatoms. The number of hydrogen-bond donors (Lipinski definition) is 3. The molecule has 2 aromatic heterocycles. The topological polar surface area (TPSA) is 105 Å². The van der Waals surface area contributed by atoms with Gasteiger partial charge in [0.05, 0.1) is 18.3 Å². The van der Waals surface area contributed by atoms with Gasteiger partial charge in [-0.3, -0.25) is 14.3 Å². The van der Waals surface area contributed by atoms with Crippen LogP contribution in [0, 0.1) is 0 Å². The van der Waals surface area contributed by atoms with Gasteiger partial charge in [0.25, 0.3) is 5.56 Å². The molecule has 1 aliphatic heterocycles. The molecular weight excluding hydrogens is 320 g/mol. The summed E-state index contributed by atoms with van der Waals surface area (Å²) in [6.07, 6.45) is 0.943. The van der Waals surface area contributed by atoms with Gasteiger partial charge in [-0.05, 0) is 12.1 Å². The highest BCUT2D eigenvalue weighted by molar-refractivity contribution is 7.16. The van der Waals surface area contributed by atoms with Gasteiger partial charge in [0, 0.05) is 22.4 Å². The molecule has 0 radical (unpaired) electrons. The average Bonchev–Trinajstić information content (AvgIpc) is 3.13. The fraction of sp³-hybridized carbons (Fsp3) is 0.333. The maximum Gasteiger partial charge on any atom is 0.330 e. The predicted molar refractivity (Wildman–Crippen MR) is 86.3 cm³/mol. The first-order valence-corrected chi connectivity index (χ1v) is 7.87. The molecule has 3 atom stereocenters. The lowest BCUT2D eigenvalue weighted by Crippen LogP contribution is -2.33. The molecule has 1 aliphatic rings. The first-order valence-electron chi connectivity index (χ1n) is 7.06. The second kappa shape index (κ2) is 6.25. The summed E-state index contributed by atoms with van der Waals surface area (Å²) in [5, 5.41) is 18.9. The lowest BCUT2D eigenvalue weighted by molar-refractivity contribution is -0.0458. The Morgan fingerprint density at radius 2 is 2.26 bits per heavy atom. The van der Waals surface area contributed by atoms with Crippen molar-refractivity contribution in [3.63, 3.8) is 0 Å². The van der Waals surface area contributed by atoms with E-state index in [0.29, 0.717) is 10.4 Å². The van der Waals surface area contributed by atoms with E-state index in [1.54, 1.807) is 12.1 Å². The molecule has 0 aromatic carbocycles. The molecule has 3 N–H and O–H groups in total. The number of nitrogens with zero attached hydrogens (tertiary/aromatic N) is 1. The summed E-state index contributed by atoms with van der Waals surface area (Å²) in [6.45, 7) is 3.34. The Morgan fingerprint density at radius 1 is 1.48 bits per heavy atom. The average molecular weight is 336 g/mol. The highest BCUT2D eigenvalue weighted by Crippen LogP contribution is 2.29. The van der Waals surface area contributed by atoms with Gasteiger partial charge in [0.15, 0.2) is 0 Å². The lowest BCUT2D eigenvalue weighted by atomic mass is 10.2. The molecule has 2 aromatic rings. The molecular formula is C15H16N2O5S. The summed E-state index contributed by atoms with van der Waals surface area (Å²) in [4.78, 5) is 28.0. The molecule has 0 bridgehead atoms. The third kappa shape index (κ3) is 2.93. The first kappa shape index (κ1) is 15.9. The van der Waals surface area contributed by atoms with Crippen molar-refractivity contribution in [1.29, 1.82) is 0 Å². The van der Waals surface area contributed by atoms with Crippen molar-refractivity contribution in [3.8, 4) is 10.4 Å². The molecule has 23 heavy (non-hydrogen) atoms. The van der Waals surface area contributed by atoms with Gasteiger partial charge < -0.3 is 14.9 Å². The van der Waals surface area contributed by atoms with E-state index < -0.39 is 29.7 Å². The number of aliphatic hydroxyl groups excluding tert-OH is 2. The van der Waals surface area contributed by atoms with Crippen molar-refractivity contribution in [2.24, 2.45) is 0 Å². The van der Waals surface area contributed by atoms with Crippen molar-refractivity contribution in [1.82, 2.24) is 9.55 Å². The lowest BCUT2D eigenvalue weighted by Gasteiger charge is -2.15. The molecule has 1 fully saturated rings. The van der Waals surface area contributed by atoms with Crippen LogP contribution >= 0.6 is 11.3 Å². The van der Waals surface area contributed by atoms with Crippen molar-refractivity contribution in [3.05, 3.63) is 50.6 Å². The Kier molecular flexibility index (Phi) is 4.31. The van der Waals surface area contributed by atoms with Gasteiger partial charge in [0.1, 0.15) is 12.3 Å². The minimum absolute atomic E-state index is 0.166. The zero-order valence-corrected chi connectivity index (χ0v) is 13.0. The fourth-order valence-electron chi connectivity index (χ4n) is 2.53. The van der Waals surface area contributed by atoms with Crippen LogP contribution in [0.15, 0.2) is 34.5 Å². The van der Waals surface area contributed by atoms with Gasteiger partial charge in [-0.1, -0.05) is 12.7 Å². The van der Waals surface area contributed by atoms with Crippen LogP contribution in [0.1, 0.15) is 17.5 Å². The number of thiophene rings is 1. The number of rotatable bonds is 4. The van der Waals surface area contributed by atoms with Crippen LogP contribution in [0.3, 0.4) is 0 Å². The third-order valence-electron chi connectivity index (χ3n) is 3.76. The number of aromatic amines is 1. The van der Waals surface area contributed by atoms with Crippen LogP contribution in [-0.2, 0) is 4.74 Å². The van der Waals surface area contributed by atoms with Crippen LogP contribution < -0.4 is 11.2 Å². The number of aliphatic hydroxyl groups is 2. The molecule has 3 heterocycles. The Balaban J connectivity index is 2.02. The second-order valence-corrected chi connectivity index (χ2v) is 6.35. The van der Waals surface area contributed by atoms with Crippen molar-refractivity contribution in [2.75, 3.05) is 6.61 Å². The summed E-state index contributed by atoms with van der Waals surface area (Å²) in [6, 6.07) is 3.61. The van der Waals surface area contributed by atoms with E-state index in [9.17, 15) is 14.7 Å². The van der Waals surface area contributed by atoms with Crippen molar-refractivity contribution < 1.29 is 14.9 Å². The third-order valence-corrected chi connectivity index (χ3v) is 4.87. The SMILES string of the molecule is C=Cc1ccc(-c2cn([C@H]3C[C@H](O)[C@@H](CO)O3)c(=O)[nH]c2=O)s1. The maximum atomic E-state index is 12.1. The molecule has 0 aliphatic carbocycles. The standard InChI is InChI=1S/C15H16N2O5S/c1-2-8-3-4-12(23-8)9-6-17(15(21)16-14(9)20)13-5-10(19)11(7-18)22-13/h2-4,6,10-11,13,18-19H,1,5,7H2,(H,16,20,21)/t10-,11+,13+/m0/s1. The molecule has 0 amide bonds. The molecule has 1 saturated heterocycles. The van der Waals surface area contributed by atoms with Gasteiger partial charge in [-0.2, -0.15) is 0 Å². The normalized spacial score (nSPS) is 24.0. The van der Waals surface area contributed by atoms with Gasteiger partial charge in [-0.25, -0.2) is 4.79 Å². The molecule has 0 saturated carbocycles. The molecule has 122 valence electrons. The summed E-state index contributed by atoms with van der Waals surface area (Å²) in [5.41, 5.74) is -0.760. The quantitative estimate of drug-likeness (QED) is 0.756. The summed E-state index contributed by atoms with van der Waals surface area (Å²) in [7, 11) is 0. The highest BCUT2D eigenvalue weighted by atomic mass is 32.1. The van der Waals surface area contributed by atoms with E-state index in [1.165, 1.54) is 22.1 Å². The molecule has 3 rings (SSSR count). The Bertz CT molecular complexity index is 837. The van der Waals surface area contributed by atoms with Crippen LogP contribution in [0.4, 0.5) is 0 Å². The van der Waals surface area contributed by atoms with Crippen LogP contribution in [0.25, 0.3) is 16.5 Å². The second-order valence-electron chi connectivity index (χ2n) is 5.23. The fourth-order valence-corrected chi connectivity index (χ4v) is 3.40. The summed E-state index contributed by atoms with van der Waals surface area (Å²) in [5.74, 6) is 0. The van der Waals surface area contributed by atoms with E-state index >= 15 is 0 Å². The number of ether oxygens (including phenoxy) is 1. The number of hydrogen-bond acceptors (Lipinski definition) is 6. The summed E-state index contributed by atoms with van der Waals surface area (Å²) < 4.78 is 6.71. The van der Waals surface area contributed by atoms with E-state index in [0.717, 1.165) is 4.88 Å². The minimum Gasteiger partial charge on any atom is -0.394 e. The van der Waals surface area contributed by atoms with Gasteiger partial charge in [-0.15, -0.1) is 11.3 Å². The molecule has 7 nitrogen and oxygen atoms in total. The number of aromatic nitrogens is 2. The largest absolute Gasteiger partial charge is 0.394 e.